The molecule has 1 N–H and O–H groups in total. The van der Waals surface area contributed by atoms with E-state index in [4.69, 9.17) is 9.47 Å². The number of fused-ring (bicyclic) bond motifs is 1. The first kappa shape index (κ1) is 20.7. The second-order valence-corrected chi connectivity index (χ2v) is 7.38. The maximum atomic E-state index is 12.4. The van der Waals surface area contributed by atoms with Gasteiger partial charge < -0.3 is 14.8 Å². The van der Waals surface area contributed by atoms with Crippen molar-refractivity contribution in [2.45, 2.75) is 17.9 Å². The number of amides is 1. The molecule has 0 aliphatic carbocycles. The molecule has 0 saturated carbocycles. The molecule has 0 aromatic heterocycles. The quantitative estimate of drug-likeness (QED) is 0.456. The second-order valence-electron chi connectivity index (χ2n) is 6.50. The number of carbonyl (C=O) groups is 2. The van der Waals surface area contributed by atoms with Crippen LogP contribution in [0.1, 0.15) is 28.9 Å². The Balaban J connectivity index is 1.63. The molecule has 0 radical (unpaired) electrons. The van der Waals surface area contributed by atoms with E-state index in [1.54, 1.807) is 23.9 Å². The highest BCUT2D eigenvalue weighted by Crippen LogP contribution is 2.26. The van der Waals surface area contributed by atoms with Crippen molar-refractivity contribution in [1.82, 2.24) is 5.32 Å². The van der Waals surface area contributed by atoms with Gasteiger partial charge >= 0.3 is 5.97 Å². The first-order chi connectivity index (χ1) is 14.0. The number of nitrogens with one attached hydrogen (secondary N) is 1. The normalized spacial score (nSPS) is 11.7. The zero-order valence-corrected chi connectivity index (χ0v) is 17.4. The number of carbonyl (C=O) groups excluding carboxylic acids is 2. The third-order valence-corrected chi connectivity index (χ3v) is 5.36. The lowest BCUT2D eigenvalue weighted by Crippen LogP contribution is -2.31. The van der Waals surface area contributed by atoms with Crippen molar-refractivity contribution in [2.24, 2.45) is 0 Å². The van der Waals surface area contributed by atoms with E-state index in [2.05, 4.69) is 5.32 Å². The topological polar surface area (TPSA) is 64.6 Å². The van der Waals surface area contributed by atoms with Gasteiger partial charge in [-0.25, -0.2) is 4.79 Å². The fraction of sp³-hybridized carbons (Fsp3) is 0.217. The van der Waals surface area contributed by atoms with Gasteiger partial charge in [0, 0.05) is 4.90 Å². The summed E-state index contributed by atoms with van der Waals surface area (Å²) >= 11 is 1.55. The Morgan fingerprint density at radius 2 is 1.83 bits per heavy atom. The van der Waals surface area contributed by atoms with E-state index in [-0.39, 0.29) is 18.6 Å². The summed E-state index contributed by atoms with van der Waals surface area (Å²) in [6.07, 6.45) is 1.94. The van der Waals surface area contributed by atoms with Crippen LogP contribution >= 0.6 is 11.8 Å². The summed E-state index contributed by atoms with van der Waals surface area (Å²) in [5.74, 6) is -0.535. The second kappa shape index (κ2) is 9.47. The maximum Gasteiger partial charge on any atom is 0.342 e. The van der Waals surface area contributed by atoms with Crippen molar-refractivity contribution >= 4 is 34.4 Å². The van der Waals surface area contributed by atoms with Gasteiger partial charge in [0.05, 0.1) is 13.2 Å². The molecule has 150 valence electrons. The van der Waals surface area contributed by atoms with Crippen LogP contribution in [-0.2, 0) is 9.53 Å². The van der Waals surface area contributed by atoms with Crippen LogP contribution in [0.25, 0.3) is 10.8 Å². The molecule has 0 heterocycles. The van der Waals surface area contributed by atoms with E-state index >= 15 is 0 Å². The predicted molar refractivity (Wildman–Crippen MR) is 116 cm³/mol. The Morgan fingerprint density at radius 3 is 2.59 bits per heavy atom. The molecule has 0 aliphatic rings. The van der Waals surface area contributed by atoms with E-state index in [1.807, 2.05) is 61.7 Å². The summed E-state index contributed by atoms with van der Waals surface area (Å²) in [5, 5.41) is 5.08. The minimum Gasteiger partial charge on any atom is -0.496 e. The molecule has 0 fully saturated rings. The first-order valence-electron chi connectivity index (χ1n) is 9.19. The fourth-order valence-electron chi connectivity index (χ4n) is 3.16. The Kier molecular flexibility index (Phi) is 6.77. The highest BCUT2D eigenvalue weighted by molar-refractivity contribution is 7.98. The molecule has 3 rings (SSSR count). The predicted octanol–water partition coefficient (Wildman–Crippen LogP) is 4.60. The van der Waals surface area contributed by atoms with E-state index in [0.717, 1.165) is 21.2 Å². The summed E-state index contributed by atoms with van der Waals surface area (Å²) in [7, 11) is 1.49. The smallest absolute Gasteiger partial charge is 0.342 e. The van der Waals surface area contributed by atoms with Gasteiger partial charge in [0.25, 0.3) is 5.91 Å². The van der Waals surface area contributed by atoms with Crippen LogP contribution in [0.2, 0.25) is 0 Å². The average Bonchev–Trinajstić information content (AvgIpc) is 2.76. The minimum atomic E-state index is -0.595. The number of methoxy groups -OCH3 is 1. The summed E-state index contributed by atoms with van der Waals surface area (Å²) in [6.45, 7) is 1.55. The number of hydrogen-bond donors (Lipinski definition) is 1. The van der Waals surface area contributed by atoms with Gasteiger partial charge in [-0.2, -0.15) is 0 Å². The fourth-order valence-corrected chi connectivity index (χ4v) is 3.59. The van der Waals surface area contributed by atoms with Crippen LogP contribution < -0.4 is 10.1 Å². The molecular weight excluding hydrogens is 386 g/mol. The lowest BCUT2D eigenvalue weighted by Gasteiger charge is -2.17. The zero-order chi connectivity index (χ0) is 20.8. The van der Waals surface area contributed by atoms with Crippen molar-refractivity contribution in [2.75, 3.05) is 20.0 Å². The van der Waals surface area contributed by atoms with E-state index in [9.17, 15) is 9.59 Å². The molecule has 0 spiro atoms. The number of esters is 1. The molecule has 0 unspecified atom stereocenters. The van der Waals surface area contributed by atoms with Crippen LogP contribution in [0, 0.1) is 0 Å². The number of thioether (sulfide) groups is 1. The molecule has 3 aromatic rings. The highest BCUT2D eigenvalue weighted by Gasteiger charge is 2.17. The molecule has 0 aliphatic heterocycles. The molecule has 0 saturated heterocycles. The Labute approximate surface area is 174 Å². The van der Waals surface area contributed by atoms with E-state index < -0.39 is 5.97 Å². The number of rotatable bonds is 7. The molecule has 5 nitrogen and oxygen atoms in total. The lowest BCUT2D eigenvalue weighted by atomic mass is 10.00. The van der Waals surface area contributed by atoms with Crippen molar-refractivity contribution < 1.29 is 19.1 Å². The maximum absolute atomic E-state index is 12.4. The Morgan fingerprint density at radius 1 is 1.07 bits per heavy atom. The third kappa shape index (κ3) is 4.90. The first-order valence-corrected chi connectivity index (χ1v) is 10.4. The minimum absolute atomic E-state index is 0.220. The van der Waals surface area contributed by atoms with Gasteiger partial charge in [-0.3, -0.25) is 4.79 Å². The van der Waals surface area contributed by atoms with Gasteiger partial charge in [-0.05, 0) is 47.7 Å². The molecule has 6 heteroatoms. The highest BCUT2D eigenvalue weighted by atomic mass is 32.2. The van der Waals surface area contributed by atoms with Gasteiger partial charge in [0.2, 0.25) is 0 Å². The van der Waals surface area contributed by atoms with Crippen LogP contribution in [-0.4, -0.2) is 31.8 Å². The summed E-state index contributed by atoms with van der Waals surface area (Å²) in [5.41, 5.74) is 1.30. The molecule has 29 heavy (non-hydrogen) atoms. The average molecular weight is 410 g/mol. The third-order valence-electron chi connectivity index (χ3n) is 4.63. The van der Waals surface area contributed by atoms with Crippen LogP contribution in [0.3, 0.4) is 0 Å². The number of ether oxygens (including phenoxy) is 2. The number of benzene rings is 3. The summed E-state index contributed by atoms with van der Waals surface area (Å²) < 4.78 is 10.5. The molecule has 3 aromatic carbocycles. The summed E-state index contributed by atoms with van der Waals surface area (Å²) in [4.78, 5) is 25.7. The van der Waals surface area contributed by atoms with E-state index in [1.165, 1.54) is 7.11 Å². The Bertz CT molecular complexity index is 1030. The molecule has 0 bridgehead atoms. The van der Waals surface area contributed by atoms with Gasteiger partial charge in [-0.1, -0.05) is 42.5 Å². The standard InChI is InChI=1S/C23H23NO4S/c1-15(18-10-6-8-16-7-4-5-9-19(16)18)24-22(25)14-28-23(26)20-12-11-17(29-3)13-21(20)27-2/h4-13,15H,14H2,1-3H3,(H,24,25)/t15-/m0/s1. The van der Waals surface area contributed by atoms with Crippen LogP contribution in [0.4, 0.5) is 0 Å². The molecule has 1 amide bonds. The van der Waals surface area contributed by atoms with Crippen molar-refractivity contribution in [1.29, 1.82) is 0 Å². The van der Waals surface area contributed by atoms with Crippen LogP contribution in [0.15, 0.2) is 65.6 Å². The zero-order valence-electron chi connectivity index (χ0n) is 16.6. The van der Waals surface area contributed by atoms with Crippen LogP contribution in [0.5, 0.6) is 5.75 Å². The SMILES string of the molecule is COc1cc(SC)ccc1C(=O)OCC(=O)N[C@@H](C)c1cccc2ccccc12. The Hall–Kier alpha value is -2.99. The van der Waals surface area contributed by atoms with E-state index in [0.29, 0.717) is 11.3 Å². The van der Waals surface area contributed by atoms with Gasteiger partial charge in [0.1, 0.15) is 11.3 Å². The number of hydrogen-bond acceptors (Lipinski definition) is 5. The molecule has 1 atom stereocenters. The van der Waals surface area contributed by atoms with Gasteiger partial charge in [0.15, 0.2) is 6.61 Å². The monoisotopic (exact) mass is 409 g/mol. The van der Waals surface area contributed by atoms with Crippen molar-refractivity contribution in [3.05, 3.63) is 71.8 Å². The molecular formula is C23H23NO4S. The van der Waals surface area contributed by atoms with Gasteiger partial charge in [-0.15, -0.1) is 11.8 Å². The largest absolute Gasteiger partial charge is 0.496 e. The van der Waals surface area contributed by atoms with Crippen molar-refractivity contribution in [3.63, 3.8) is 0 Å². The summed E-state index contributed by atoms with van der Waals surface area (Å²) in [6, 6.07) is 19.0. The van der Waals surface area contributed by atoms with Crippen molar-refractivity contribution in [3.8, 4) is 5.75 Å². The lowest BCUT2D eigenvalue weighted by molar-refractivity contribution is -0.124.